The number of esters is 1. The molecule has 2 aliphatic rings. The van der Waals surface area contributed by atoms with Gasteiger partial charge in [-0.25, -0.2) is 4.39 Å². The van der Waals surface area contributed by atoms with Gasteiger partial charge >= 0.3 is 5.97 Å². The molecule has 0 unspecified atom stereocenters. The van der Waals surface area contributed by atoms with Gasteiger partial charge in [0.25, 0.3) is 0 Å². The Hall–Kier alpha value is -2.86. The van der Waals surface area contributed by atoms with Crippen LogP contribution in [0.2, 0.25) is 5.02 Å². The van der Waals surface area contributed by atoms with Crippen LogP contribution in [0.5, 0.6) is 5.75 Å². The average molecular weight is 401 g/mol. The zero-order chi connectivity index (χ0) is 19.7. The highest BCUT2D eigenvalue weighted by atomic mass is 35.5. The van der Waals surface area contributed by atoms with Crippen molar-refractivity contribution in [3.05, 3.63) is 64.5 Å². The highest BCUT2D eigenvalue weighted by Gasteiger charge is 2.21. The van der Waals surface area contributed by atoms with Gasteiger partial charge < -0.3 is 15.0 Å². The molecule has 2 heterocycles. The molecule has 4 rings (SSSR count). The first kappa shape index (κ1) is 18.5. The molecule has 2 aliphatic heterocycles. The summed E-state index contributed by atoms with van der Waals surface area (Å²) in [5, 5.41) is 2.92. The first-order valence-corrected chi connectivity index (χ1v) is 9.40. The van der Waals surface area contributed by atoms with E-state index >= 15 is 0 Å². The largest absolute Gasteiger partial charge is 0.426 e. The number of fused-ring (bicyclic) bond motifs is 1. The molecule has 0 aliphatic carbocycles. The number of carbonyl (C=O) groups is 2. The van der Waals surface area contributed by atoms with Gasteiger partial charge in [-0.15, -0.1) is 0 Å². The summed E-state index contributed by atoms with van der Waals surface area (Å²) in [5.74, 6) is -0.421. The molecule has 28 heavy (non-hydrogen) atoms. The minimum absolute atomic E-state index is 0.109. The normalized spacial score (nSPS) is 15.9. The quantitative estimate of drug-likeness (QED) is 0.478. The van der Waals surface area contributed by atoms with Crippen LogP contribution in [0.25, 0.3) is 0 Å². The molecule has 0 saturated carbocycles. The summed E-state index contributed by atoms with van der Waals surface area (Å²) in [6.07, 6.45) is 3.37. The highest BCUT2D eigenvalue weighted by molar-refractivity contribution is 6.31. The Morgan fingerprint density at radius 3 is 2.71 bits per heavy atom. The first-order valence-electron chi connectivity index (χ1n) is 9.02. The van der Waals surface area contributed by atoms with Crippen molar-refractivity contribution in [2.45, 2.75) is 19.3 Å². The summed E-state index contributed by atoms with van der Waals surface area (Å²) < 4.78 is 18.4. The molecule has 1 amide bonds. The number of benzene rings is 2. The number of amides is 1. The second-order valence-electron chi connectivity index (χ2n) is 6.85. The number of nitrogens with zero attached hydrogens (tertiary/aromatic N) is 1. The minimum atomic E-state index is -0.430. The Morgan fingerprint density at radius 2 is 1.96 bits per heavy atom. The van der Waals surface area contributed by atoms with Crippen LogP contribution in [-0.2, 0) is 16.0 Å². The second-order valence-corrected chi connectivity index (χ2v) is 7.26. The number of anilines is 2. The van der Waals surface area contributed by atoms with Crippen molar-refractivity contribution in [2.24, 2.45) is 0 Å². The third-order valence-electron chi connectivity index (χ3n) is 4.90. The van der Waals surface area contributed by atoms with Crippen molar-refractivity contribution in [2.75, 3.05) is 23.3 Å². The van der Waals surface area contributed by atoms with Crippen LogP contribution in [0.3, 0.4) is 0 Å². The van der Waals surface area contributed by atoms with Gasteiger partial charge in [-0.1, -0.05) is 23.2 Å². The summed E-state index contributed by atoms with van der Waals surface area (Å²) in [5.41, 5.74) is 3.35. The van der Waals surface area contributed by atoms with Crippen molar-refractivity contribution in [1.29, 1.82) is 0 Å². The fourth-order valence-corrected chi connectivity index (χ4v) is 3.60. The van der Waals surface area contributed by atoms with Gasteiger partial charge in [0.1, 0.15) is 11.6 Å². The van der Waals surface area contributed by atoms with E-state index in [4.69, 9.17) is 16.3 Å². The third kappa shape index (κ3) is 4.02. The van der Waals surface area contributed by atoms with Crippen molar-refractivity contribution in [3.63, 3.8) is 0 Å². The fraction of sp³-hybridized carbons (Fsp3) is 0.238. The first-order chi connectivity index (χ1) is 13.5. The highest BCUT2D eigenvalue weighted by Crippen LogP contribution is 2.29. The number of rotatable bonds is 3. The van der Waals surface area contributed by atoms with Crippen molar-refractivity contribution < 1.29 is 18.7 Å². The van der Waals surface area contributed by atoms with Gasteiger partial charge in [0.15, 0.2) is 0 Å². The van der Waals surface area contributed by atoms with E-state index in [1.54, 1.807) is 36.4 Å². The molecule has 0 spiro atoms. The minimum Gasteiger partial charge on any atom is -0.426 e. The number of nitrogens with one attached hydrogen (secondary N) is 1. The topological polar surface area (TPSA) is 58.6 Å². The van der Waals surface area contributed by atoms with Gasteiger partial charge in [0, 0.05) is 42.2 Å². The van der Waals surface area contributed by atoms with Gasteiger partial charge in [-0.2, -0.15) is 0 Å². The predicted molar refractivity (Wildman–Crippen MR) is 105 cm³/mol. The summed E-state index contributed by atoms with van der Waals surface area (Å²) in [6, 6.07) is 9.91. The van der Waals surface area contributed by atoms with Crippen LogP contribution >= 0.6 is 11.6 Å². The number of halogens is 2. The molecule has 0 aromatic heterocycles. The SMILES string of the molecule is O=C(C=C1CCN(c2ccc(F)c(Cl)c2)CC1)Nc1ccc2c(c1)OC(=O)C2. The number of piperidine rings is 1. The van der Waals surface area contributed by atoms with Crippen LogP contribution < -0.4 is 15.0 Å². The lowest BCUT2D eigenvalue weighted by atomic mass is 10.0. The Kier molecular flexibility index (Phi) is 5.05. The maximum Gasteiger partial charge on any atom is 0.315 e. The Balaban J connectivity index is 1.35. The van der Waals surface area contributed by atoms with E-state index in [0.29, 0.717) is 11.4 Å². The fourth-order valence-electron chi connectivity index (χ4n) is 3.43. The van der Waals surface area contributed by atoms with E-state index in [2.05, 4.69) is 10.2 Å². The lowest BCUT2D eigenvalue weighted by Crippen LogP contribution is -2.30. The van der Waals surface area contributed by atoms with Crippen LogP contribution in [0, 0.1) is 5.82 Å². The van der Waals surface area contributed by atoms with Crippen LogP contribution in [-0.4, -0.2) is 25.0 Å². The zero-order valence-electron chi connectivity index (χ0n) is 15.0. The van der Waals surface area contributed by atoms with Gasteiger partial charge in [0.2, 0.25) is 5.91 Å². The molecule has 144 valence electrons. The Labute approximate surface area is 166 Å². The number of carbonyl (C=O) groups excluding carboxylic acids is 2. The van der Waals surface area contributed by atoms with Crippen LogP contribution in [0.4, 0.5) is 15.8 Å². The van der Waals surface area contributed by atoms with E-state index in [-0.39, 0.29) is 23.3 Å². The maximum atomic E-state index is 13.3. The third-order valence-corrected chi connectivity index (χ3v) is 5.19. The van der Waals surface area contributed by atoms with Crippen molar-refractivity contribution in [3.8, 4) is 5.75 Å². The number of ether oxygens (including phenoxy) is 1. The molecule has 7 heteroatoms. The summed E-state index contributed by atoms with van der Waals surface area (Å²) in [7, 11) is 0. The van der Waals surface area contributed by atoms with Crippen molar-refractivity contribution >= 4 is 34.9 Å². The second kappa shape index (κ2) is 7.64. The van der Waals surface area contributed by atoms with E-state index < -0.39 is 5.82 Å². The van der Waals surface area contributed by atoms with E-state index in [0.717, 1.165) is 42.8 Å². The standard InChI is InChI=1S/C21H18ClFN2O3/c22-17-12-16(3-4-18(17)23)25-7-5-13(6-8-25)9-20(26)24-15-2-1-14-10-21(27)28-19(14)11-15/h1-4,9,11-12H,5-8,10H2,(H,24,26). The van der Waals surface area contributed by atoms with E-state index in [1.165, 1.54) is 6.07 Å². The van der Waals surface area contributed by atoms with Gasteiger partial charge in [-0.3, -0.25) is 9.59 Å². The zero-order valence-corrected chi connectivity index (χ0v) is 15.8. The number of hydrogen-bond acceptors (Lipinski definition) is 4. The molecule has 0 radical (unpaired) electrons. The Morgan fingerprint density at radius 1 is 1.18 bits per heavy atom. The molecule has 2 aromatic rings. The molecular weight excluding hydrogens is 383 g/mol. The molecule has 0 bridgehead atoms. The van der Waals surface area contributed by atoms with Crippen molar-refractivity contribution in [1.82, 2.24) is 0 Å². The predicted octanol–water partition coefficient (Wildman–Crippen LogP) is 4.11. The smallest absolute Gasteiger partial charge is 0.315 e. The van der Waals surface area contributed by atoms with Gasteiger partial charge in [-0.05, 0) is 37.1 Å². The monoisotopic (exact) mass is 400 g/mol. The molecule has 5 nitrogen and oxygen atoms in total. The average Bonchev–Trinajstić information content (AvgIpc) is 3.04. The van der Waals surface area contributed by atoms with Crippen LogP contribution in [0.1, 0.15) is 18.4 Å². The molecule has 1 saturated heterocycles. The Bertz CT molecular complexity index is 980. The summed E-state index contributed by atoms with van der Waals surface area (Å²) in [6.45, 7) is 1.46. The molecule has 1 N–H and O–H groups in total. The molecule has 0 atom stereocenters. The molecular formula is C21H18ClFN2O3. The number of hydrogen-bond donors (Lipinski definition) is 1. The van der Waals surface area contributed by atoms with Gasteiger partial charge in [0.05, 0.1) is 11.4 Å². The molecule has 2 aromatic carbocycles. The van der Waals surface area contributed by atoms with Crippen LogP contribution in [0.15, 0.2) is 48.0 Å². The maximum absolute atomic E-state index is 13.3. The van der Waals surface area contributed by atoms with E-state index in [9.17, 15) is 14.0 Å². The molecule has 1 fully saturated rings. The summed E-state index contributed by atoms with van der Waals surface area (Å²) in [4.78, 5) is 25.7. The lowest BCUT2D eigenvalue weighted by Gasteiger charge is -2.30. The summed E-state index contributed by atoms with van der Waals surface area (Å²) >= 11 is 5.86. The van der Waals surface area contributed by atoms with E-state index in [1.807, 2.05) is 0 Å². The lowest BCUT2D eigenvalue weighted by molar-refractivity contribution is -0.131.